The molecule has 2 saturated carbocycles. The summed E-state index contributed by atoms with van der Waals surface area (Å²) in [6.07, 6.45) is 11.0. The van der Waals surface area contributed by atoms with Crippen molar-refractivity contribution in [3.05, 3.63) is 23.8 Å². The number of rotatable bonds is 4. The van der Waals surface area contributed by atoms with Crippen LogP contribution < -0.4 is 0 Å². The molecule has 0 bridgehead atoms. The van der Waals surface area contributed by atoms with Crippen molar-refractivity contribution in [3.8, 4) is 0 Å². The fourth-order valence-electron chi connectivity index (χ4n) is 5.11. The molecule has 0 aliphatic heterocycles. The van der Waals surface area contributed by atoms with Gasteiger partial charge in [0.2, 0.25) is 0 Å². The van der Waals surface area contributed by atoms with Crippen LogP contribution in [0.15, 0.2) is 23.8 Å². The summed E-state index contributed by atoms with van der Waals surface area (Å²) in [6.45, 7) is 14.3. The van der Waals surface area contributed by atoms with Crippen LogP contribution in [0.25, 0.3) is 0 Å². The van der Waals surface area contributed by atoms with Gasteiger partial charge in [0.25, 0.3) is 0 Å². The molecule has 4 atom stereocenters. The van der Waals surface area contributed by atoms with Gasteiger partial charge in [0, 0.05) is 0 Å². The number of hydrogen-bond acceptors (Lipinski definition) is 1. The fourth-order valence-corrected chi connectivity index (χ4v) is 5.11. The van der Waals surface area contributed by atoms with E-state index in [1.807, 2.05) is 6.08 Å². The Bertz CT molecular complexity index is 422. The molecule has 2 fully saturated rings. The lowest BCUT2D eigenvalue weighted by Gasteiger charge is -2.59. The normalized spacial score (nSPS) is 41.0. The highest BCUT2D eigenvalue weighted by atomic mass is 16.2. The first kappa shape index (κ1) is 16.8. The summed E-state index contributed by atoms with van der Waals surface area (Å²) >= 11 is 0. The summed E-state index contributed by atoms with van der Waals surface area (Å²) in [5.41, 5.74) is 3.64. The first-order chi connectivity index (χ1) is 9.84. The van der Waals surface area contributed by atoms with Crippen molar-refractivity contribution in [2.75, 3.05) is 6.61 Å². The molecule has 2 aliphatic rings. The largest absolute Gasteiger partial charge is 0.392 e. The molecule has 0 radical (unpaired) electrons. The van der Waals surface area contributed by atoms with E-state index in [4.69, 9.17) is 5.11 Å². The Morgan fingerprint density at radius 3 is 2.76 bits per heavy atom. The lowest BCUT2D eigenvalue weighted by molar-refractivity contribution is -0.0543. The predicted molar refractivity (Wildman–Crippen MR) is 91.2 cm³/mol. The molecule has 0 heterocycles. The molecule has 0 unspecified atom stereocenters. The average molecular weight is 290 g/mol. The molecule has 0 saturated heterocycles. The molecule has 0 aromatic heterocycles. The van der Waals surface area contributed by atoms with Gasteiger partial charge in [-0.25, -0.2) is 0 Å². The van der Waals surface area contributed by atoms with Crippen LogP contribution in [-0.2, 0) is 0 Å². The van der Waals surface area contributed by atoms with E-state index in [0.717, 1.165) is 18.3 Å². The third kappa shape index (κ3) is 2.99. The van der Waals surface area contributed by atoms with Gasteiger partial charge in [-0.3, -0.25) is 0 Å². The quantitative estimate of drug-likeness (QED) is 0.677. The Kier molecular flexibility index (Phi) is 5.03. The standard InChI is InChI=1S/C20H34O/c1-15(11-14-21)9-12-19(4)17(3)10-13-20(5)16(2)7-6-8-18(19)20/h11,17-18,21H,2,6-10,12-14H2,1,3-5H3/b15-11+/t17-,18-,19+,20+/m0/s1. The maximum Gasteiger partial charge on any atom is 0.0614 e. The van der Waals surface area contributed by atoms with Crippen LogP contribution in [0.3, 0.4) is 0 Å². The van der Waals surface area contributed by atoms with Crippen molar-refractivity contribution in [1.82, 2.24) is 0 Å². The Morgan fingerprint density at radius 2 is 2.10 bits per heavy atom. The Morgan fingerprint density at radius 1 is 1.38 bits per heavy atom. The second-order valence-electron chi connectivity index (χ2n) is 8.14. The van der Waals surface area contributed by atoms with Crippen LogP contribution in [-0.4, -0.2) is 11.7 Å². The third-order valence-electron chi connectivity index (χ3n) is 7.06. The molecular weight excluding hydrogens is 256 g/mol. The topological polar surface area (TPSA) is 20.2 Å². The Labute approximate surface area is 131 Å². The first-order valence-electron chi connectivity index (χ1n) is 8.79. The second kappa shape index (κ2) is 6.28. The van der Waals surface area contributed by atoms with Gasteiger partial charge in [-0.05, 0) is 74.5 Å². The van der Waals surface area contributed by atoms with Gasteiger partial charge in [-0.1, -0.05) is 44.6 Å². The molecule has 0 aromatic rings. The predicted octanol–water partition coefficient (Wildman–Crippen LogP) is 5.50. The van der Waals surface area contributed by atoms with Crippen molar-refractivity contribution in [3.63, 3.8) is 0 Å². The minimum Gasteiger partial charge on any atom is -0.392 e. The van der Waals surface area contributed by atoms with E-state index in [-0.39, 0.29) is 6.61 Å². The van der Waals surface area contributed by atoms with Gasteiger partial charge in [0.05, 0.1) is 6.61 Å². The van der Waals surface area contributed by atoms with Crippen LogP contribution >= 0.6 is 0 Å². The lowest BCUT2D eigenvalue weighted by atomic mass is 9.46. The van der Waals surface area contributed by atoms with Crippen molar-refractivity contribution in [2.24, 2.45) is 22.7 Å². The number of fused-ring (bicyclic) bond motifs is 1. The Hall–Kier alpha value is -0.560. The highest BCUT2D eigenvalue weighted by Crippen LogP contribution is 2.62. The first-order valence-corrected chi connectivity index (χ1v) is 8.79. The van der Waals surface area contributed by atoms with Crippen LogP contribution in [0.1, 0.15) is 72.6 Å². The summed E-state index contributed by atoms with van der Waals surface area (Å²) in [5, 5.41) is 9.07. The van der Waals surface area contributed by atoms with Crippen molar-refractivity contribution < 1.29 is 5.11 Å². The smallest absolute Gasteiger partial charge is 0.0614 e. The lowest BCUT2D eigenvalue weighted by Crippen LogP contribution is -2.50. The maximum atomic E-state index is 9.07. The number of aliphatic hydroxyl groups excluding tert-OH is 1. The minimum absolute atomic E-state index is 0.177. The summed E-state index contributed by atoms with van der Waals surface area (Å²) < 4.78 is 0. The van der Waals surface area contributed by atoms with Crippen molar-refractivity contribution in [1.29, 1.82) is 0 Å². The van der Waals surface area contributed by atoms with E-state index in [2.05, 4.69) is 34.3 Å². The molecule has 0 spiro atoms. The molecule has 0 amide bonds. The number of aliphatic hydroxyl groups is 1. The fraction of sp³-hybridized carbons (Fsp3) is 0.800. The number of hydrogen-bond donors (Lipinski definition) is 1. The SMILES string of the molecule is C=C1CCC[C@H]2[C@](C)(CC/C(C)=C/CO)[C@@H](C)CC[C@]12C. The van der Waals surface area contributed by atoms with Gasteiger partial charge in [0.15, 0.2) is 0 Å². The van der Waals surface area contributed by atoms with Crippen LogP contribution in [0.4, 0.5) is 0 Å². The van der Waals surface area contributed by atoms with Gasteiger partial charge >= 0.3 is 0 Å². The molecule has 0 aromatic carbocycles. The van der Waals surface area contributed by atoms with E-state index in [1.54, 1.807) is 0 Å². The van der Waals surface area contributed by atoms with Gasteiger partial charge in [-0.15, -0.1) is 0 Å². The summed E-state index contributed by atoms with van der Waals surface area (Å²) in [5.74, 6) is 1.58. The monoisotopic (exact) mass is 290 g/mol. The molecule has 2 rings (SSSR count). The molecule has 1 heteroatoms. The van der Waals surface area contributed by atoms with E-state index < -0.39 is 0 Å². The van der Waals surface area contributed by atoms with Gasteiger partial charge in [0.1, 0.15) is 0 Å². The van der Waals surface area contributed by atoms with Crippen LogP contribution in [0.5, 0.6) is 0 Å². The summed E-state index contributed by atoms with van der Waals surface area (Å²) in [4.78, 5) is 0. The average Bonchev–Trinajstić information content (AvgIpc) is 2.44. The zero-order valence-corrected chi connectivity index (χ0v) is 14.5. The van der Waals surface area contributed by atoms with Crippen LogP contribution in [0, 0.1) is 22.7 Å². The van der Waals surface area contributed by atoms with Gasteiger partial charge < -0.3 is 5.11 Å². The minimum atomic E-state index is 0.177. The molecule has 1 N–H and O–H groups in total. The summed E-state index contributed by atoms with van der Waals surface area (Å²) in [6, 6.07) is 0. The van der Waals surface area contributed by atoms with E-state index in [0.29, 0.717) is 10.8 Å². The summed E-state index contributed by atoms with van der Waals surface area (Å²) in [7, 11) is 0. The maximum absolute atomic E-state index is 9.07. The highest BCUT2D eigenvalue weighted by molar-refractivity contribution is 5.19. The highest BCUT2D eigenvalue weighted by Gasteiger charge is 2.53. The number of allylic oxidation sites excluding steroid dienone is 2. The molecular formula is C20H34O. The second-order valence-corrected chi connectivity index (χ2v) is 8.14. The van der Waals surface area contributed by atoms with Crippen molar-refractivity contribution >= 4 is 0 Å². The zero-order chi connectivity index (χ0) is 15.7. The molecule has 21 heavy (non-hydrogen) atoms. The molecule has 2 aliphatic carbocycles. The van der Waals surface area contributed by atoms with E-state index in [1.165, 1.54) is 49.7 Å². The van der Waals surface area contributed by atoms with Gasteiger partial charge in [-0.2, -0.15) is 0 Å². The zero-order valence-electron chi connectivity index (χ0n) is 14.5. The van der Waals surface area contributed by atoms with E-state index >= 15 is 0 Å². The molecule has 120 valence electrons. The van der Waals surface area contributed by atoms with E-state index in [9.17, 15) is 0 Å². The Balaban J connectivity index is 2.21. The third-order valence-corrected chi connectivity index (χ3v) is 7.06. The molecule has 1 nitrogen and oxygen atoms in total. The van der Waals surface area contributed by atoms with Crippen LogP contribution in [0.2, 0.25) is 0 Å². The van der Waals surface area contributed by atoms with Crippen molar-refractivity contribution in [2.45, 2.75) is 72.6 Å².